The maximum Gasteiger partial charge on any atom is 0.131 e. The minimum absolute atomic E-state index is 0.738. The van der Waals surface area contributed by atoms with E-state index in [1.54, 1.807) is 5.82 Å². The van der Waals surface area contributed by atoms with Crippen LogP contribution < -0.4 is 0 Å². The molecular weight excluding hydrogens is 131 g/mol. The SMILES string of the molecule is C=CP(=O)(CC)C1=CC1. The molecule has 0 amide bonds. The molecule has 0 aromatic heterocycles. The molecule has 1 unspecified atom stereocenters. The second-order valence-electron chi connectivity index (χ2n) is 2.19. The fraction of sp³-hybridized carbons (Fsp3) is 0.429. The Morgan fingerprint density at radius 1 is 2.00 bits per heavy atom. The van der Waals surface area contributed by atoms with E-state index in [0.717, 1.165) is 17.9 Å². The first-order valence-corrected chi connectivity index (χ1v) is 5.11. The van der Waals surface area contributed by atoms with Crippen LogP contribution in [0.5, 0.6) is 0 Å². The van der Waals surface area contributed by atoms with E-state index in [0.29, 0.717) is 0 Å². The van der Waals surface area contributed by atoms with Gasteiger partial charge in [-0.2, -0.15) is 0 Å². The lowest BCUT2D eigenvalue weighted by Gasteiger charge is -2.04. The topological polar surface area (TPSA) is 17.1 Å². The van der Waals surface area contributed by atoms with Crippen LogP contribution in [0.2, 0.25) is 0 Å². The predicted octanol–water partition coefficient (Wildman–Crippen LogP) is 2.80. The molecule has 1 atom stereocenters. The molecule has 1 nitrogen and oxygen atoms in total. The third kappa shape index (κ3) is 1.16. The molecule has 0 aromatic rings. The first-order chi connectivity index (χ1) is 4.23. The van der Waals surface area contributed by atoms with Crippen molar-refractivity contribution in [3.63, 3.8) is 0 Å². The molecule has 1 aliphatic rings. The van der Waals surface area contributed by atoms with Crippen LogP contribution >= 0.6 is 7.14 Å². The number of hydrogen-bond donors (Lipinski definition) is 0. The number of allylic oxidation sites excluding steroid dienone is 2. The molecule has 0 saturated heterocycles. The standard InChI is InChI=1S/C7H11OP/c1-3-9(8,4-2)7-5-6-7/h3,5H,1,4,6H2,2H3. The summed E-state index contributed by atoms with van der Waals surface area (Å²) in [6.45, 7) is 5.51. The van der Waals surface area contributed by atoms with Crippen LogP contribution in [-0.4, -0.2) is 6.16 Å². The summed E-state index contributed by atoms with van der Waals surface area (Å²) in [5.74, 6) is 1.62. The molecule has 9 heavy (non-hydrogen) atoms. The van der Waals surface area contributed by atoms with Crippen LogP contribution in [-0.2, 0) is 4.57 Å². The second-order valence-corrected chi connectivity index (χ2v) is 5.36. The van der Waals surface area contributed by atoms with Gasteiger partial charge in [0, 0.05) is 6.16 Å². The summed E-state index contributed by atoms with van der Waals surface area (Å²) >= 11 is 0. The smallest absolute Gasteiger partial charge is 0.131 e. The minimum atomic E-state index is -2.02. The Labute approximate surface area is 55.8 Å². The van der Waals surface area contributed by atoms with Gasteiger partial charge in [0.05, 0.1) is 0 Å². The van der Waals surface area contributed by atoms with Crippen LogP contribution in [0, 0.1) is 0 Å². The monoisotopic (exact) mass is 142 g/mol. The van der Waals surface area contributed by atoms with Crippen LogP contribution in [0.3, 0.4) is 0 Å². The molecule has 50 valence electrons. The van der Waals surface area contributed by atoms with E-state index in [-0.39, 0.29) is 0 Å². The normalized spacial score (nSPS) is 22.1. The van der Waals surface area contributed by atoms with E-state index in [1.807, 2.05) is 13.0 Å². The van der Waals surface area contributed by atoms with E-state index in [1.165, 1.54) is 0 Å². The van der Waals surface area contributed by atoms with Gasteiger partial charge in [0.25, 0.3) is 0 Å². The van der Waals surface area contributed by atoms with Crippen molar-refractivity contribution in [2.24, 2.45) is 0 Å². The third-order valence-electron chi connectivity index (χ3n) is 1.64. The Morgan fingerprint density at radius 3 is 2.67 bits per heavy atom. The Balaban J connectivity index is 2.78. The van der Waals surface area contributed by atoms with Gasteiger partial charge in [-0.1, -0.05) is 19.6 Å². The van der Waals surface area contributed by atoms with Gasteiger partial charge in [-0.15, -0.1) is 0 Å². The van der Waals surface area contributed by atoms with Crippen molar-refractivity contribution in [2.75, 3.05) is 6.16 Å². The lowest BCUT2D eigenvalue weighted by atomic mass is 10.9. The first kappa shape index (κ1) is 6.82. The molecule has 1 rings (SSSR count). The van der Waals surface area contributed by atoms with Crippen molar-refractivity contribution in [1.29, 1.82) is 0 Å². The molecule has 0 heterocycles. The molecule has 0 bridgehead atoms. The zero-order chi connectivity index (χ0) is 6.91. The van der Waals surface area contributed by atoms with E-state index >= 15 is 0 Å². The van der Waals surface area contributed by atoms with Crippen molar-refractivity contribution in [1.82, 2.24) is 0 Å². The van der Waals surface area contributed by atoms with Gasteiger partial charge in [0.2, 0.25) is 0 Å². The van der Waals surface area contributed by atoms with Crippen molar-refractivity contribution < 1.29 is 4.57 Å². The molecule has 0 spiro atoms. The fourth-order valence-electron chi connectivity index (χ4n) is 0.804. The average Bonchev–Trinajstić information content (AvgIpc) is 2.68. The Kier molecular flexibility index (Phi) is 1.63. The molecule has 0 fully saturated rings. The van der Waals surface area contributed by atoms with Gasteiger partial charge >= 0.3 is 0 Å². The second kappa shape index (κ2) is 2.15. The summed E-state index contributed by atoms with van der Waals surface area (Å²) in [5.41, 5.74) is 0. The lowest BCUT2D eigenvalue weighted by Crippen LogP contribution is -1.76. The average molecular weight is 142 g/mol. The predicted molar refractivity (Wildman–Crippen MR) is 41.0 cm³/mol. The number of hydrogen-bond acceptors (Lipinski definition) is 1. The summed E-state index contributed by atoms with van der Waals surface area (Å²) in [7, 11) is -2.02. The largest absolute Gasteiger partial charge is 0.315 e. The highest BCUT2D eigenvalue weighted by atomic mass is 31.2. The Hall–Kier alpha value is -0.290. The van der Waals surface area contributed by atoms with E-state index in [4.69, 9.17) is 0 Å². The van der Waals surface area contributed by atoms with Crippen molar-refractivity contribution in [3.8, 4) is 0 Å². The summed E-state index contributed by atoms with van der Waals surface area (Å²) in [6, 6.07) is 0. The van der Waals surface area contributed by atoms with Gasteiger partial charge < -0.3 is 4.57 Å². The van der Waals surface area contributed by atoms with Crippen molar-refractivity contribution in [3.05, 3.63) is 23.8 Å². The maximum absolute atomic E-state index is 11.5. The summed E-state index contributed by atoms with van der Waals surface area (Å²) in [5, 5.41) is 1.13. The number of rotatable bonds is 3. The van der Waals surface area contributed by atoms with E-state index in [2.05, 4.69) is 6.58 Å². The van der Waals surface area contributed by atoms with Gasteiger partial charge in [0.1, 0.15) is 7.14 Å². The summed E-state index contributed by atoms with van der Waals surface area (Å²) in [6.07, 6.45) is 3.71. The maximum atomic E-state index is 11.5. The van der Waals surface area contributed by atoms with Gasteiger partial charge in [0.15, 0.2) is 0 Å². The first-order valence-electron chi connectivity index (χ1n) is 3.15. The molecule has 0 aromatic carbocycles. The zero-order valence-corrected chi connectivity index (χ0v) is 6.53. The van der Waals surface area contributed by atoms with Crippen LogP contribution in [0.15, 0.2) is 23.8 Å². The molecule has 0 N–H and O–H groups in total. The highest BCUT2D eigenvalue weighted by molar-refractivity contribution is 7.71. The molecule has 0 aliphatic heterocycles. The summed E-state index contributed by atoms with van der Waals surface area (Å²) < 4.78 is 11.5. The Morgan fingerprint density at radius 2 is 2.56 bits per heavy atom. The van der Waals surface area contributed by atoms with Crippen LogP contribution in [0.4, 0.5) is 0 Å². The van der Waals surface area contributed by atoms with Crippen molar-refractivity contribution in [2.45, 2.75) is 13.3 Å². The zero-order valence-electron chi connectivity index (χ0n) is 5.63. The van der Waals surface area contributed by atoms with Gasteiger partial charge in [-0.25, -0.2) is 0 Å². The van der Waals surface area contributed by atoms with Crippen LogP contribution in [0.1, 0.15) is 13.3 Å². The lowest BCUT2D eigenvalue weighted by molar-refractivity contribution is 0.586. The van der Waals surface area contributed by atoms with Gasteiger partial charge in [-0.05, 0) is 17.6 Å². The molecular formula is C7H11OP. The van der Waals surface area contributed by atoms with E-state index in [9.17, 15) is 4.57 Å². The quantitative estimate of drug-likeness (QED) is 0.554. The van der Waals surface area contributed by atoms with Crippen LogP contribution in [0.25, 0.3) is 0 Å². The highest BCUT2D eigenvalue weighted by Crippen LogP contribution is 2.61. The molecule has 2 heteroatoms. The summed E-state index contributed by atoms with van der Waals surface area (Å²) in [4.78, 5) is 0. The molecule has 0 radical (unpaired) electrons. The Bertz CT molecular complexity index is 203. The third-order valence-corrected chi connectivity index (χ3v) is 4.50. The van der Waals surface area contributed by atoms with Crippen molar-refractivity contribution >= 4 is 7.14 Å². The minimum Gasteiger partial charge on any atom is -0.315 e. The molecule has 0 saturated carbocycles. The van der Waals surface area contributed by atoms with Gasteiger partial charge in [-0.3, -0.25) is 0 Å². The van der Waals surface area contributed by atoms with E-state index < -0.39 is 7.14 Å². The highest BCUT2D eigenvalue weighted by Gasteiger charge is 2.26. The fourth-order valence-corrected chi connectivity index (χ4v) is 2.41. The molecule has 1 aliphatic carbocycles.